The molecule has 7 heteroatoms. The normalized spacial score (nSPS) is 14.6. The molecule has 1 fully saturated rings. The average molecular weight is 473 g/mol. The molecular weight excluding hydrogens is 448 g/mol. The van der Waals surface area contributed by atoms with E-state index in [1.54, 1.807) is 18.2 Å². The lowest BCUT2D eigenvalue weighted by Gasteiger charge is -2.20. The van der Waals surface area contributed by atoms with Gasteiger partial charge in [-0.2, -0.15) is 0 Å². The summed E-state index contributed by atoms with van der Waals surface area (Å²) in [4.78, 5) is 18.3. The Morgan fingerprint density at radius 3 is 2.29 bits per heavy atom. The van der Waals surface area contributed by atoms with Crippen molar-refractivity contribution in [2.45, 2.75) is 29.8 Å². The number of pyridine rings is 1. The average Bonchev–Trinajstić information content (AvgIpc) is 3.72. The molecule has 34 heavy (non-hydrogen) atoms. The number of hydrogen-bond donors (Lipinski definition) is 1. The smallest absolute Gasteiger partial charge is 0.339 e. The summed E-state index contributed by atoms with van der Waals surface area (Å²) in [6, 6.07) is 26.6. The maximum absolute atomic E-state index is 13.4. The molecule has 172 valence electrons. The number of nitrogens with one attached hydrogen (secondary N) is 1. The van der Waals surface area contributed by atoms with Crippen molar-refractivity contribution >= 4 is 26.9 Å². The predicted molar refractivity (Wildman–Crippen MR) is 130 cm³/mol. The molecule has 0 radical (unpaired) electrons. The number of fused-ring (bicyclic) bond motifs is 1. The molecule has 1 aromatic heterocycles. The van der Waals surface area contributed by atoms with Crippen molar-refractivity contribution in [3.05, 3.63) is 108 Å². The van der Waals surface area contributed by atoms with Gasteiger partial charge in [-0.15, -0.1) is 0 Å². The van der Waals surface area contributed by atoms with Crippen molar-refractivity contribution in [3.63, 3.8) is 0 Å². The van der Waals surface area contributed by atoms with Crippen LogP contribution >= 0.6 is 0 Å². The van der Waals surface area contributed by atoms with E-state index in [0.717, 1.165) is 24.1 Å². The van der Waals surface area contributed by atoms with Crippen LogP contribution in [0.15, 0.2) is 95.9 Å². The highest BCUT2D eigenvalue weighted by Gasteiger charge is 2.28. The first kappa shape index (κ1) is 22.3. The van der Waals surface area contributed by atoms with Crippen LogP contribution in [0.25, 0.3) is 10.9 Å². The zero-order valence-corrected chi connectivity index (χ0v) is 19.2. The van der Waals surface area contributed by atoms with Gasteiger partial charge in [-0.1, -0.05) is 66.7 Å². The summed E-state index contributed by atoms with van der Waals surface area (Å²) in [5.74, 6) is -0.132. The fourth-order valence-corrected chi connectivity index (χ4v) is 4.96. The van der Waals surface area contributed by atoms with E-state index < -0.39 is 22.1 Å². The molecule has 0 unspecified atom stereocenters. The largest absolute Gasteiger partial charge is 0.452 e. The minimum atomic E-state index is -3.76. The molecule has 5 rings (SSSR count). The van der Waals surface area contributed by atoms with E-state index in [9.17, 15) is 13.2 Å². The molecule has 1 saturated carbocycles. The molecule has 0 aliphatic heterocycles. The van der Waals surface area contributed by atoms with Gasteiger partial charge >= 0.3 is 5.97 Å². The second-order valence-corrected chi connectivity index (χ2v) is 10.1. The lowest BCUT2D eigenvalue weighted by molar-refractivity contribution is 0.0310. The lowest BCUT2D eigenvalue weighted by Crippen LogP contribution is -2.30. The molecule has 3 aromatic carbocycles. The molecule has 0 bridgehead atoms. The molecule has 0 saturated heterocycles. The standard InChI is InChI=1S/C27H24N2O4S/c30-27(23-17-25(19-15-16-19)29-24-14-8-7-13-22(23)24)33-26(20-9-3-1-4-10-20)18-28-34(31,32)21-11-5-2-6-12-21/h1-14,17,19,26,28H,15-16,18H2/t26-/m1/s1. The number of para-hydroxylation sites is 1. The third-order valence-electron chi connectivity index (χ3n) is 5.88. The Morgan fingerprint density at radius 1 is 0.941 bits per heavy atom. The molecule has 1 heterocycles. The first-order valence-electron chi connectivity index (χ1n) is 11.2. The van der Waals surface area contributed by atoms with Crippen LogP contribution in [-0.4, -0.2) is 25.9 Å². The number of carbonyl (C=O) groups is 1. The third kappa shape index (κ3) is 4.85. The second kappa shape index (κ2) is 9.37. The van der Waals surface area contributed by atoms with E-state index in [1.807, 2.05) is 60.7 Å². The van der Waals surface area contributed by atoms with Crippen LogP contribution in [0, 0.1) is 0 Å². The van der Waals surface area contributed by atoms with Gasteiger partial charge in [0.15, 0.2) is 0 Å². The van der Waals surface area contributed by atoms with Gasteiger partial charge in [0.2, 0.25) is 10.0 Å². The van der Waals surface area contributed by atoms with Crippen LogP contribution in [0.4, 0.5) is 0 Å². The lowest BCUT2D eigenvalue weighted by atomic mass is 10.1. The summed E-state index contributed by atoms with van der Waals surface area (Å²) in [7, 11) is -3.76. The number of rotatable bonds is 8. The zero-order chi connectivity index (χ0) is 23.5. The van der Waals surface area contributed by atoms with Crippen LogP contribution < -0.4 is 4.72 Å². The van der Waals surface area contributed by atoms with Crippen LogP contribution in [-0.2, 0) is 14.8 Å². The van der Waals surface area contributed by atoms with Crippen molar-refractivity contribution in [2.24, 2.45) is 0 Å². The molecule has 1 atom stereocenters. The molecule has 6 nitrogen and oxygen atoms in total. The fraction of sp³-hybridized carbons (Fsp3) is 0.185. The number of ether oxygens (including phenoxy) is 1. The quantitative estimate of drug-likeness (QED) is 0.365. The number of carbonyl (C=O) groups excluding carboxylic acids is 1. The van der Waals surface area contributed by atoms with E-state index in [2.05, 4.69) is 4.72 Å². The van der Waals surface area contributed by atoms with Gasteiger partial charge in [0.25, 0.3) is 0 Å². The van der Waals surface area contributed by atoms with Crippen LogP contribution in [0.3, 0.4) is 0 Å². The number of esters is 1. The Bertz CT molecular complexity index is 1420. The third-order valence-corrected chi connectivity index (χ3v) is 7.32. The fourth-order valence-electron chi connectivity index (χ4n) is 3.91. The van der Waals surface area contributed by atoms with Crippen LogP contribution in [0.1, 0.15) is 46.5 Å². The number of aromatic nitrogens is 1. The first-order chi connectivity index (χ1) is 16.5. The molecule has 0 amide bonds. The first-order valence-corrected chi connectivity index (χ1v) is 12.7. The molecule has 1 aliphatic rings. The minimum absolute atomic E-state index is 0.0918. The molecule has 4 aromatic rings. The Morgan fingerprint density at radius 2 is 1.59 bits per heavy atom. The van der Waals surface area contributed by atoms with Crippen LogP contribution in [0.5, 0.6) is 0 Å². The molecular formula is C27H24N2O4S. The van der Waals surface area contributed by atoms with Gasteiger partial charge in [-0.3, -0.25) is 4.98 Å². The van der Waals surface area contributed by atoms with Crippen molar-refractivity contribution in [1.29, 1.82) is 0 Å². The summed E-state index contributed by atoms with van der Waals surface area (Å²) >= 11 is 0. The molecule has 1 N–H and O–H groups in total. The summed E-state index contributed by atoms with van der Waals surface area (Å²) in [6.07, 6.45) is 1.32. The highest BCUT2D eigenvalue weighted by atomic mass is 32.2. The second-order valence-electron chi connectivity index (χ2n) is 8.36. The number of sulfonamides is 1. The summed E-state index contributed by atoms with van der Waals surface area (Å²) in [6.45, 7) is -0.0918. The maximum atomic E-state index is 13.4. The summed E-state index contributed by atoms with van der Waals surface area (Å²) < 4.78 is 34.0. The van der Waals surface area contributed by atoms with Gasteiger partial charge < -0.3 is 4.74 Å². The molecule has 1 aliphatic carbocycles. The Kier molecular flexibility index (Phi) is 6.13. The minimum Gasteiger partial charge on any atom is -0.452 e. The topological polar surface area (TPSA) is 85.4 Å². The van der Waals surface area contributed by atoms with E-state index >= 15 is 0 Å². The Hall–Kier alpha value is -3.55. The number of hydrogen-bond acceptors (Lipinski definition) is 5. The van der Waals surface area contributed by atoms with Gasteiger partial charge in [0.1, 0.15) is 6.10 Å². The van der Waals surface area contributed by atoms with E-state index in [0.29, 0.717) is 22.4 Å². The summed E-state index contributed by atoms with van der Waals surface area (Å²) in [5.41, 5.74) is 2.79. The maximum Gasteiger partial charge on any atom is 0.339 e. The number of nitrogens with zero attached hydrogens (tertiary/aromatic N) is 1. The van der Waals surface area contributed by atoms with Crippen LogP contribution in [0.2, 0.25) is 0 Å². The molecule has 0 spiro atoms. The monoisotopic (exact) mass is 472 g/mol. The van der Waals surface area contributed by atoms with Gasteiger partial charge in [-0.25, -0.2) is 17.9 Å². The van der Waals surface area contributed by atoms with Gasteiger partial charge in [0.05, 0.1) is 22.5 Å². The van der Waals surface area contributed by atoms with Crippen molar-refractivity contribution in [3.8, 4) is 0 Å². The van der Waals surface area contributed by atoms with Crippen molar-refractivity contribution in [1.82, 2.24) is 9.71 Å². The highest BCUT2D eigenvalue weighted by molar-refractivity contribution is 7.89. The summed E-state index contributed by atoms with van der Waals surface area (Å²) in [5, 5.41) is 0.716. The highest BCUT2D eigenvalue weighted by Crippen LogP contribution is 2.40. The Labute approximate surface area is 198 Å². The van der Waals surface area contributed by atoms with Crippen molar-refractivity contribution < 1.29 is 17.9 Å². The van der Waals surface area contributed by atoms with E-state index in [1.165, 1.54) is 12.1 Å². The predicted octanol–water partition coefficient (Wildman–Crippen LogP) is 4.99. The Balaban J connectivity index is 1.44. The van der Waals surface area contributed by atoms with Gasteiger partial charge in [-0.05, 0) is 42.7 Å². The van der Waals surface area contributed by atoms with Crippen molar-refractivity contribution in [2.75, 3.05) is 6.54 Å². The SMILES string of the molecule is O=C(O[C@H](CNS(=O)(=O)c1ccccc1)c1ccccc1)c1cc(C2CC2)nc2ccccc12. The van der Waals surface area contributed by atoms with E-state index in [-0.39, 0.29) is 11.4 Å². The van der Waals surface area contributed by atoms with Gasteiger partial charge in [0, 0.05) is 17.0 Å². The van der Waals surface area contributed by atoms with E-state index in [4.69, 9.17) is 9.72 Å². The number of benzene rings is 3. The zero-order valence-electron chi connectivity index (χ0n) is 18.4.